The monoisotopic (exact) mass is 398 g/mol. The molecule has 1 aromatic heterocycles. The lowest BCUT2D eigenvalue weighted by atomic mass is 9.88. The molecule has 3 aromatic carbocycles. The molecule has 0 atom stereocenters. The maximum atomic E-state index is 12.3. The number of amides is 1. The van der Waals surface area contributed by atoms with Crippen molar-refractivity contribution in [3.05, 3.63) is 107 Å². The van der Waals surface area contributed by atoms with E-state index in [4.69, 9.17) is 0 Å². The Morgan fingerprint density at radius 2 is 1.52 bits per heavy atom. The molecule has 0 aliphatic rings. The number of para-hydroxylation sites is 1. The number of rotatable bonds is 7. The lowest BCUT2D eigenvalue weighted by molar-refractivity contribution is -0.116. The number of hydrogen-bond acceptors (Lipinski definition) is 3. The summed E-state index contributed by atoms with van der Waals surface area (Å²) in [6, 6.07) is 28.9. The Labute approximate surface area is 174 Å². The van der Waals surface area contributed by atoms with E-state index in [9.17, 15) is 4.79 Å². The second-order valence-corrected chi connectivity index (χ2v) is 7.87. The number of carbonyl (C=O) groups excluding carboxylic acids is 1. The van der Waals surface area contributed by atoms with Gasteiger partial charge in [-0.3, -0.25) is 4.79 Å². The minimum Gasteiger partial charge on any atom is -0.353 e. The molecule has 0 saturated carbocycles. The van der Waals surface area contributed by atoms with Crippen molar-refractivity contribution >= 4 is 33.5 Å². The van der Waals surface area contributed by atoms with Crippen molar-refractivity contribution in [3.63, 3.8) is 0 Å². The first-order valence-electron chi connectivity index (χ1n) is 9.71. The highest BCUT2D eigenvalue weighted by atomic mass is 32.1. The van der Waals surface area contributed by atoms with Gasteiger partial charge in [0, 0.05) is 18.5 Å². The number of thiazole rings is 1. The van der Waals surface area contributed by atoms with Crippen LogP contribution < -0.4 is 5.32 Å². The topological polar surface area (TPSA) is 42.0 Å². The maximum Gasteiger partial charge on any atom is 0.244 e. The van der Waals surface area contributed by atoms with Crippen molar-refractivity contribution in [2.45, 2.75) is 12.3 Å². The Morgan fingerprint density at radius 1 is 0.897 bits per heavy atom. The Bertz CT molecular complexity index is 1030. The highest BCUT2D eigenvalue weighted by Crippen LogP contribution is 2.27. The van der Waals surface area contributed by atoms with E-state index in [2.05, 4.69) is 58.8 Å². The van der Waals surface area contributed by atoms with E-state index in [0.29, 0.717) is 6.54 Å². The van der Waals surface area contributed by atoms with Gasteiger partial charge in [-0.15, -0.1) is 11.3 Å². The van der Waals surface area contributed by atoms with Gasteiger partial charge >= 0.3 is 0 Å². The maximum absolute atomic E-state index is 12.3. The molecule has 0 aliphatic heterocycles. The van der Waals surface area contributed by atoms with E-state index in [1.165, 1.54) is 11.1 Å². The minimum atomic E-state index is -0.0934. The van der Waals surface area contributed by atoms with Crippen molar-refractivity contribution < 1.29 is 4.79 Å². The van der Waals surface area contributed by atoms with Gasteiger partial charge in [0.05, 0.1) is 10.2 Å². The third kappa shape index (κ3) is 4.98. The molecule has 0 aliphatic carbocycles. The summed E-state index contributed by atoms with van der Waals surface area (Å²) in [6.45, 7) is 0.609. The van der Waals surface area contributed by atoms with Crippen LogP contribution in [0.5, 0.6) is 0 Å². The molecule has 1 amide bonds. The van der Waals surface area contributed by atoms with Crippen LogP contribution in [0.2, 0.25) is 0 Å². The van der Waals surface area contributed by atoms with Crippen LogP contribution in [0.3, 0.4) is 0 Å². The Hall–Kier alpha value is -3.24. The van der Waals surface area contributed by atoms with Gasteiger partial charge in [-0.05, 0) is 35.8 Å². The fraction of sp³-hybridized carbons (Fsp3) is 0.120. The summed E-state index contributed by atoms with van der Waals surface area (Å²) in [5.74, 6) is 0.162. The molecular weight excluding hydrogens is 376 g/mol. The van der Waals surface area contributed by atoms with Crippen molar-refractivity contribution in [1.29, 1.82) is 0 Å². The first-order valence-corrected chi connectivity index (χ1v) is 10.5. The highest BCUT2D eigenvalue weighted by Gasteiger charge is 2.13. The van der Waals surface area contributed by atoms with Crippen LogP contribution in [0.25, 0.3) is 16.3 Å². The zero-order valence-electron chi connectivity index (χ0n) is 16.0. The SMILES string of the molecule is O=C(/C=C/c1nc2ccccc2s1)NCCC(c1ccccc1)c1ccccc1. The lowest BCUT2D eigenvalue weighted by Gasteiger charge is -2.18. The number of benzene rings is 3. The molecule has 0 bridgehead atoms. The van der Waals surface area contributed by atoms with E-state index < -0.39 is 0 Å². The summed E-state index contributed by atoms with van der Waals surface area (Å²) in [6.07, 6.45) is 4.19. The average Bonchev–Trinajstić information content (AvgIpc) is 3.20. The molecular formula is C25H22N2OS. The molecule has 1 heterocycles. The molecule has 1 N–H and O–H groups in total. The third-order valence-electron chi connectivity index (χ3n) is 4.82. The van der Waals surface area contributed by atoms with E-state index in [0.717, 1.165) is 21.6 Å². The van der Waals surface area contributed by atoms with Crippen molar-refractivity contribution in [3.8, 4) is 0 Å². The number of fused-ring (bicyclic) bond motifs is 1. The Kier molecular flexibility index (Phi) is 6.13. The molecule has 0 unspecified atom stereocenters. The summed E-state index contributed by atoms with van der Waals surface area (Å²) in [5.41, 5.74) is 3.49. The smallest absolute Gasteiger partial charge is 0.244 e. The van der Waals surface area contributed by atoms with Crippen molar-refractivity contribution in [2.75, 3.05) is 6.54 Å². The normalized spacial score (nSPS) is 11.3. The summed E-state index contributed by atoms with van der Waals surface area (Å²) in [4.78, 5) is 16.8. The number of hydrogen-bond donors (Lipinski definition) is 1. The van der Waals surface area contributed by atoms with E-state index in [-0.39, 0.29) is 11.8 Å². The van der Waals surface area contributed by atoms with Crippen LogP contribution in [0.4, 0.5) is 0 Å². The zero-order valence-corrected chi connectivity index (χ0v) is 16.8. The minimum absolute atomic E-state index is 0.0934. The van der Waals surface area contributed by atoms with Gasteiger partial charge in [-0.25, -0.2) is 4.98 Å². The van der Waals surface area contributed by atoms with Crippen LogP contribution in [0.15, 0.2) is 91.0 Å². The van der Waals surface area contributed by atoms with Crippen LogP contribution in [0, 0.1) is 0 Å². The quantitative estimate of drug-likeness (QED) is 0.409. The fourth-order valence-corrected chi connectivity index (χ4v) is 4.27. The molecule has 3 nitrogen and oxygen atoms in total. The first-order chi connectivity index (χ1) is 14.3. The molecule has 0 saturated heterocycles. The van der Waals surface area contributed by atoms with Gasteiger partial charge in [0.1, 0.15) is 5.01 Å². The third-order valence-corrected chi connectivity index (χ3v) is 5.83. The van der Waals surface area contributed by atoms with Gasteiger partial charge in [0.15, 0.2) is 0 Å². The van der Waals surface area contributed by atoms with Crippen molar-refractivity contribution in [1.82, 2.24) is 10.3 Å². The van der Waals surface area contributed by atoms with Crippen LogP contribution in [-0.2, 0) is 4.79 Å². The van der Waals surface area contributed by atoms with Crippen LogP contribution in [0.1, 0.15) is 28.5 Å². The van der Waals surface area contributed by atoms with Crippen LogP contribution >= 0.6 is 11.3 Å². The molecule has 0 spiro atoms. The second-order valence-electron chi connectivity index (χ2n) is 6.81. The molecule has 144 valence electrons. The first kappa shape index (κ1) is 19.1. The molecule has 4 heteroatoms. The largest absolute Gasteiger partial charge is 0.353 e. The summed E-state index contributed by atoms with van der Waals surface area (Å²) in [7, 11) is 0. The van der Waals surface area contributed by atoms with Gasteiger partial charge < -0.3 is 5.32 Å². The summed E-state index contributed by atoms with van der Waals surface area (Å²) >= 11 is 1.58. The van der Waals surface area contributed by atoms with E-state index in [1.807, 2.05) is 36.4 Å². The van der Waals surface area contributed by atoms with Crippen LogP contribution in [-0.4, -0.2) is 17.4 Å². The predicted octanol–water partition coefficient (Wildman–Crippen LogP) is 5.65. The number of aromatic nitrogens is 1. The molecule has 0 radical (unpaired) electrons. The molecule has 0 fully saturated rings. The van der Waals surface area contributed by atoms with Gasteiger partial charge in [0.25, 0.3) is 0 Å². The lowest BCUT2D eigenvalue weighted by Crippen LogP contribution is -2.23. The highest BCUT2D eigenvalue weighted by molar-refractivity contribution is 7.19. The molecule has 4 aromatic rings. The number of nitrogens with one attached hydrogen (secondary N) is 1. The van der Waals surface area contributed by atoms with Gasteiger partial charge in [-0.2, -0.15) is 0 Å². The Morgan fingerprint density at radius 3 is 2.17 bits per heavy atom. The summed E-state index contributed by atoms with van der Waals surface area (Å²) < 4.78 is 1.13. The Balaban J connectivity index is 1.37. The van der Waals surface area contributed by atoms with Gasteiger partial charge in [0.2, 0.25) is 5.91 Å². The fourth-order valence-electron chi connectivity index (χ4n) is 3.40. The standard InChI is InChI=1S/C25H22N2OS/c28-24(15-16-25-27-22-13-7-8-14-23(22)29-25)26-18-17-21(19-9-3-1-4-10-19)20-11-5-2-6-12-20/h1-16,21H,17-18H2,(H,26,28)/b16-15+. The number of carbonyl (C=O) groups is 1. The summed E-state index contributed by atoms with van der Waals surface area (Å²) in [5, 5.41) is 3.85. The van der Waals surface area contributed by atoms with Crippen molar-refractivity contribution in [2.24, 2.45) is 0 Å². The average molecular weight is 399 g/mol. The second kappa shape index (κ2) is 9.30. The van der Waals surface area contributed by atoms with E-state index >= 15 is 0 Å². The molecule has 29 heavy (non-hydrogen) atoms. The van der Waals surface area contributed by atoms with E-state index in [1.54, 1.807) is 23.5 Å². The predicted molar refractivity (Wildman–Crippen MR) is 121 cm³/mol. The van der Waals surface area contributed by atoms with Gasteiger partial charge in [-0.1, -0.05) is 72.8 Å². The zero-order chi connectivity index (χ0) is 19.9. The number of nitrogens with zero attached hydrogens (tertiary/aromatic N) is 1. The molecule has 4 rings (SSSR count).